The molecule has 0 atom stereocenters. The smallest absolute Gasteiger partial charge is 0.312 e. The van der Waals surface area contributed by atoms with E-state index in [0.717, 1.165) is 18.2 Å². The Kier molecular flexibility index (Phi) is 4.27. The first-order valence-electron chi connectivity index (χ1n) is 4.21. The standard InChI is InChI=1S/C8H8ClNO6S/c1-15-5-16-8-3-2-6(17(9,13)14)4-7(8)10(11)12/h2-4H,5H2,1H3. The van der Waals surface area contributed by atoms with Crippen LogP contribution in [0.5, 0.6) is 5.75 Å². The van der Waals surface area contributed by atoms with Gasteiger partial charge in [0.2, 0.25) is 0 Å². The van der Waals surface area contributed by atoms with Gasteiger partial charge in [0, 0.05) is 23.9 Å². The molecule has 0 aromatic heterocycles. The summed E-state index contributed by atoms with van der Waals surface area (Å²) in [5.74, 6) is -0.0964. The van der Waals surface area contributed by atoms with Gasteiger partial charge in [-0.1, -0.05) is 0 Å². The normalized spacial score (nSPS) is 11.2. The Morgan fingerprint density at radius 2 is 2.12 bits per heavy atom. The number of benzene rings is 1. The fraction of sp³-hybridized carbons (Fsp3) is 0.250. The van der Waals surface area contributed by atoms with Crippen molar-refractivity contribution in [1.29, 1.82) is 0 Å². The van der Waals surface area contributed by atoms with E-state index in [-0.39, 0.29) is 17.4 Å². The summed E-state index contributed by atoms with van der Waals surface area (Å²) >= 11 is 0. The molecule has 0 fully saturated rings. The van der Waals surface area contributed by atoms with Gasteiger partial charge in [-0.2, -0.15) is 0 Å². The third-order valence-corrected chi connectivity index (χ3v) is 3.09. The maximum atomic E-state index is 11.0. The van der Waals surface area contributed by atoms with E-state index in [4.69, 9.17) is 15.4 Å². The van der Waals surface area contributed by atoms with Crippen LogP contribution in [0.1, 0.15) is 0 Å². The van der Waals surface area contributed by atoms with Gasteiger partial charge in [-0.3, -0.25) is 10.1 Å². The van der Waals surface area contributed by atoms with Crippen molar-refractivity contribution in [3.8, 4) is 5.75 Å². The molecule has 0 amide bonds. The third-order valence-electron chi connectivity index (χ3n) is 1.74. The van der Waals surface area contributed by atoms with Crippen LogP contribution < -0.4 is 4.74 Å². The molecule has 0 saturated heterocycles. The van der Waals surface area contributed by atoms with Crippen LogP contribution in [-0.2, 0) is 13.8 Å². The number of nitrogens with zero attached hydrogens (tertiary/aromatic N) is 1. The zero-order valence-corrected chi connectivity index (χ0v) is 10.2. The Balaban J connectivity index is 3.22. The minimum Gasteiger partial charge on any atom is -0.460 e. The highest BCUT2D eigenvalue weighted by molar-refractivity contribution is 8.13. The molecule has 1 aromatic carbocycles. The maximum Gasteiger partial charge on any atom is 0.312 e. The summed E-state index contributed by atoms with van der Waals surface area (Å²) in [7, 11) is 2.41. The van der Waals surface area contributed by atoms with E-state index in [0.29, 0.717) is 0 Å². The van der Waals surface area contributed by atoms with Gasteiger partial charge in [0.05, 0.1) is 9.82 Å². The second kappa shape index (κ2) is 5.30. The largest absolute Gasteiger partial charge is 0.460 e. The van der Waals surface area contributed by atoms with Crippen LogP contribution in [0.25, 0.3) is 0 Å². The minimum absolute atomic E-state index is 0.0964. The van der Waals surface area contributed by atoms with Gasteiger partial charge in [-0.25, -0.2) is 8.42 Å². The highest BCUT2D eigenvalue weighted by Crippen LogP contribution is 2.30. The molecular formula is C8H8ClNO6S. The minimum atomic E-state index is -4.02. The first-order chi connectivity index (χ1) is 7.86. The maximum absolute atomic E-state index is 11.0. The summed E-state index contributed by atoms with van der Waals surface area (Å²) in [5.41, 5.74) is -0.497. The van der Waals surface area contributed by atoms with Crippen LogP contribution in [0.15, 0.2) is 23.1 Å². The lowest BCUT2D eigenvalue weighted by atomic mass is 10.3. The molecule has 0 saturated carbocycles. The lowest BCUT2D eigenvalue weighted by Gasteiger charge is -2.05. The first-order valence-corrected chi connectivity index (χ1v) is 6.52. The van der Waals surface area contributed by atoms with Gasteiger partial charge >= 0.3 is 5.69 Å². The Morgan fingerprint density at radius 1 is 1.47 bits per heavy atom. The van der Waals surface area contributed by atoms with Crippen molar-refractivity contribution in [2.45, 2.75) is 4.90 Å². The molecule has 0 heterocycles. The zero-order valence-electron chi connectivity index (χ0n) is 8.62. The van der Waals surface area contributed by atoms with Crippen molar-refractivity contribution >= 4 is 25.4 Å². The molecule has 0 spiro atoms. The lowest BCUT2D eigenvalue weighted by molar-refractivity contribution is -0.386. The van der Waals surface area contributed by atoms with Gasteiger partial charge in [-0.15, -0.1) is 0 Å². The number of ether oxygens (including phenoxy) is 2. The molecule has 0 aliphatic heterocycles. The topological polar surface area (TPSA) is 95.7 Å². The average Bonchev–Trinajstić information content (AvgIpc) is 2.24. The predicted molar refractivity (Wildman–Crippen MR) is 58.6 cm³/mol. The van der Waals surface area contributed by atoms with E-state index in [9.17, 15) is 18.5 Å². The number of nitro benzene ring substituents is 1. The van der Waals surface area contributed by atoms with Crippen LogP contribution >= 0.6 is 10.7 Å². The van der Waals surface area contributed by atoms with E-state index in [2.05, 4.69) is 4.74 Å². The van der Waals surface area contributed by atoms with Crippen molar-refractivity contribution in [3.05, 3.63) is 28.3 Å². The number of rotatable bonds is 5. The van der Waals surface area contributed by atoms with Gasteiger partial charge in [0.1, 0.15) is 0 Å². The van der Waals surface area contributed by atoms with Crippen LogP contribution in [0.4, 0.5) is 5.69 Å². The molecule has 1 rings (SSSR count). The molecule has 9 heteroatoms. The fourth-order valence-electron chi connectivity index (χ4n) is 1.04. The van der Waals surface area contributed by atoms with Gasteiger partial charge < -0.3 is 9.47 Å². The van der Waals surface area contributed by atoms with Gasteiger partial charge in [0.15, 0.2) is 12.5 Å². The summed E-state index contributed by atoms with van der Waals surface area (Å²) in [6, 6.07) is 3.08. The highest BCUT2D eigenvalue weighted by Gasteiger charge is 2.20. The van der Waals surface area contributed by atoms with Crippen LogP contribution in [0.2, 0.25) is 0 Å². The summed E-state index contributed by atoms with van der Waals surface area (Å²) in [5, 5.41) is 10.7. The molecule has 17 heavy (non-hydrogen) atoms. The SMILES string of the molecule is COCOc1ccc(S(=O)(=O)Cl)cc1[N+](=O)[O-]. The molecule has 1 aromatic rings. The van der Waals surface area contributed by atoms with Crippen molar-refractivity contribution in [2.75, 3.05) is 13.9 Å². The molecule has 0 aliphatic carbocycles. The molecule has 0 N–H and O–H groups in total. The quantitative estimate of drug-likeness (QED) is 0.351. The van der Waals surface area contributed by atoms with E-state index in [1.165, 1.54) is 7.11 Å². The Bertz CT molecular complexity index is 529. The second-order valence-electron chi connectivity index (χ2n) is 2.88. The molecule has 0 unspecified atom stereocenters. The lowest BCUT2D eigenvalue weighted by Crippen LogP contribution is -2.03. The van der Waals surface area contributed by atoms with E-state index in [1.54, 1.807) is 0 Å². The molecule has 7 nitrogen and oxygen atoms in total. The van der Waals surface area contributed by atoms with Crippen LogP contribution in [-0.4, -0.2) is 27.2 Å². The Morgan fingerprint density at radius 3 is 2.59 bits per heavy atom. The van der Waals surface area contributed by atoms with E-state index < -0.39 is 19.7 Å². The Labute approximate surface area is 101 Å². The van der Waals surface area contributed by atoms with Crippen molar-refractivity contribution in [2.24, 2.45) is 0 Å². The van der Waals surface area contributed by atoms with Crippen molar-refractivity contribution in [1.82, 2.24) is 0 Å². The number of nitro groups is 1. The number of hydrogen-bond donors (Lipinski definition) is 0. The summed E-state index contributed by atoms with van der Waals surface area (Å²) in [6.07, 6.45) is 0. The zero-order chi connectivity index (χ0) is 13.1. The average molecular weight is 282 g/mol. The number of methoxy groups -OCH3 is 1. The molecular weight excluding hydrogens is 274 g/mol. The third kappa shape index (κ3) is 3.55. The summed E-state index contributed by atoms with van der Waals surface area (Å²) in [6.45, 7) is -0.187. The monoisotopic (exact) mass is 281 g/mol. The number of hydrogen-bond acceptors (Lipinski definition) is 6. The number of halogens is 1. The fourth-order valence-corrected chi connectivity index (χ4v) is 1.81. The van der Waals surface area contributed by atoms with E-state index in [1.807, 2.05) is 0 Å². The van der Waals surface area contributed by atoms with Crippen molar-refractivity contribution < 1.29 is 22.8 Å². The molecule has 94 valence electrons. The predicted octanol–water partition coefficient (Wildman–Crippen LogP) is 1.50. The van der Waals surface area contributed by atoms with Crippen molar-refractivity contribution in [3.63, 3.8) is 0 Å². The first kappa shape index (κ1) is 13.7. The van der Waals surface area contributed by atoms with Crippen LogP contribution in [0.3, 0.4) is 0 Å². The second-order valence-corrected chi connectivity index (χ2v) is 5.44. The van der Waals surface area contributed by atoms with E-state index >= 15 is 0 Å². The molecule has 0 aliphatic rings. The summed E-state index contributed by atoms with van der Waals surface area (Å²) < 4.78 is 31.5. The highest BCUT2D eigenvalue weighted by atomic mass is 35.7. The summed E-state index contributed by atoms with van der Waals surface area (Å²) in [4.78, 5) is 9.58. The van der Waals surface area contributed by atoms with Gasteiger partial charge in [-0.05, 0) is 12.1 Å². The van der Waals surface area contributed by atoms with Gasteiger partial charge in [0.25, 0.3) is 9.05 Å². The molecule has 0 radical (unpaired) electrons. The Hall–Kier alpha value is -1.38. The van der Waals surface area contributed by atoms with Crippen LogP contribution in [0, 0.1) is 10.1 Å². The molecule has 0 bridgehead atoms.